The Morgan fingerprint density at radius 3 is 3.06 bits per heavy atom. The van der Waals surface area contributed by atoms with Crippen LogP contribution in [0, 0.1) is 0 Å². The smallest absolute Gasteiger partial charge is 0.0312 e. The van der Waals surface area contributed by atoms with Gasteiger partial charge in [-0.3, -0.25) is 9.88 Å². The van der Waals surface area contributed by atoms with Gasteiger partial charge in [-0.25, -0.2) is 0 Å². The quantitative estimate of drug-likeness (QED) is 0.866. The van der Waals surface area contributed by atoms with Gasteiger partial charge in [0.15, 0.2) is 0 Å². The summed E-state index contributed by atoms with van der Waals surface area (Å²) in [4.78, 5) is 6.67. The van der Waals surface area contributed by atoms with E-state index in [0.717, 1.165) is 13.1 Å². The molecule has 1 aliphatic rings. The van der Waals surface area contributed by atoms with Crippen LogP contribution in [0.2, 0.25) is 0 Å². The number of nitrogens with one attached hydrogen (secondary N) is 1. The summed E-state index contributed by atoms with van der Waals surface area (Å²) in [5.74, 6) is 0. The molecule has 1 fully saturated rings. The third kappa shape index (κ3) is 3.79. The van der Waals surface area contributed by atoms with E-state index in [-0.39, 0.29) is 0 Å². The SMILES string of the molecule is CCNC1CCCC(N(C)Cc2cccnc2)C1. The first-order valence-electron chi connectivity index (χ1n) is 7.12. The minimum absolute atomic E-state index is 0.711. The summed E-state index contributed by atoms with van der Waals surface area (Å²) in [5, 5.41) is 3.59. The van der Waals surface area contributed by atoms with Crippen LogP contribution in [0.25, 0.3) is 0 Å². The third-order valence-corrected chi connectivity index (χ3v) is 3.92. The zero-order valence-corrected chi connectivity index (χ0v) is 11.6. The monoisotopic (exact) mass is 247 g/mol. The summed E-state index contributed by atoms with van der Waals surface area (Å²) < 4.78 is 0. The molecule has 2 atom stereocenters. The predicted molar refractivity (Wildman–Crippen MR) is 75.4 cm³/mol. The van der Waals surface area contributed by atoms with Gasteiger partial charge in [-0.2, -0.15) is 0 Å². The van der Waals surface area contributed by atoms with Crippen molar-refractivity contribution in [2.24, 2.45) is 0 Å². The fourth-order valence-corrected chi connectivity index (χ4v) is 2.95. The number of pyridine rings is 1. The summed E-state index contributed by atoms with van der Waals surface area (Å²) in [5.41, 5.74) is 1.31. The van der Waals surface area contributed by atoms with E-state index in [2.05, 4.69) is 35.2 Å². The Balaban J connectivity index is 1.86. The van der Waals surface area contributed by atoms with Gasteiger partial charge in [0.2, 0.25) is 0 Å². The Morgan fingerprint density at radius 1 is 1.44 bits per heavy atom. The summed E-state index contributed by atoms with van der Waals surface area (Å²) >= 11 is 0. The second-order valence-corrected chi connectivity index (χ2v) is 5.35. The lowest BCUT2D eigenvalue weighted by Gasteiger charge is -2.35. The van der Waals surface area contributed by atoms with Crippen molar-refractivity contribution >= 4 is 0 Å². The molecule has 0 spiro atoms. The average molecular weight is 247 g/mol. The van der Waals surface area contributed by atoms with Crippen LogP contribution in [0.4, 0.5) is 0 Å². The first-order valence-corrected chi connectivity index (χ1v) is 7.12. The van der Waals surface area contributed by atoms with Crippen LogP contribution in [0.3, 0.4) is 0 Å². The fraction of sp³-hybridized carbons (Fsp3) is 0.667. The van der Waals surface area contributed by atoms with Gasteiger partial charge >= 0.3 is 0 Å². The number of rotatable bonds is 5. The average Bonchev–Trinajstić information content (AvgIpc) is 2.40. The molecule has 2 rings (SSSR count). The van der Waals surface area contributed by atoms with Gasteiger partial charge in [0, 0.05) is 31.0 Å². The summed E-state index contributed by atoms with van der Waals surface area (Å²) in [7, 11) is 2.24. The molecular weight excluding hydrogens is 222 g/mol. The van der Waals surface area contributed by atoms with Crippen molar-refractivity contribution in [1.82, 2.24) is 15.2 Å². The molecule has 3 nitrogen and oxygen atoms in total. The van der Waals surface area contributed by atoms with Gasteiger partial charge in [0.05, 0.1) is 0 Å². The van der Waals surface area contributed by atoms with Crippen molar-refractivity contribution in [3.63, 3.8) is 0 Å². The molecule has 0 amide bonds. The van der Waals surface area contributed by atoms with Crippen LogP contribution in [-0.2, 0) is 6.54 Å². The summed E-state index contributed by atoms with van der Waals surface area (Å²) in [6, 6.07) is 5.60. The molecular formula is C15H25N3. The molecule has 1 N–H and O–H groups in total. The maximum absolute atomic E-state index is 4.19. The first-order chi connectivity index (χ1) is 8.79. The van der Waals surface area contributed by atoms with Crippen LogP contribution in [0.15, 0.2) is 24.5 Å². The maximum Gasteiger partial charge on any atom is 0.0312 e. The molecule has 3 heteroatoms. The summed E-state index contributed by atoms with van der Waals surface area (Å²) in [6.07, 6.45) is 9.11. The highest BCUT2D eigenvalue weighted by Gasteiger charge is 2.24. The third-order valence-electron chi connectivity index (χ3n) is 3.92. The van der Waals surface area contributed by atoms with Gasteiger partial charge in [0.1, 0.15) is 0 Å². The fourth-order valence-electron chi connectivity index (χ4n) is 2.95. The van der Waals surface area contributed by atoms with Gasteiger partial charge in [-0.05, 0) is 44.5 Å². The topological polar surface area (TPSA) is 28.2 Å². The predicted octanol–water partition coefficient (Wildman–Crippen LogP) is 2.43. The minimum atomic E-state index is 0.711. The maximum atomic E-state index is 4.19. The van der Waals surface area contributed by atoms with E-state index in [4.69, 9.17) is 0 Å². The lowest BCUT2D eigenvalue weighted by Crippen LogP contribution is -2.42. The highest BCUT2D eigenvalue weighted by atomic mass is 15.1. The van der Waals surface area contributed by atoms with E-state index in [1.54, 1.807) is 0 Å². The lowest BCUT2D eigenvalue weighted by atomic mass is 9.90. The molecule has 0 aromatic carbocycles. The number of nitrogens with zero attached hydrogens (tertiary/aromatic N) is 2. The Bertz CT molecular complexity index is 337. The van der Waals surface area contributed by atoms with Crippen LogP contribution < -0.4 is 5.32 Å². The van der Waals surface area contributed by atoms with Crippen molar-refractivity contribution in [3.05, 3.63) is 30.1 Å². The van der Waals surface area contributed by atoms with Crippen molar-refractivity contribution < 1.29 is 0 Å². The highest BCUT2D eigenvalue weighted by molar-refractivity contribution is 5.08. The van der Waals surface area contributed by atoms with Crippen LogP contribution in [-0.4, -0.2) is 35.6 Å². The molecule has 1 aromatic rings. The van der Waals surface area contributed by atoms with Gasteiger partial charge < -0.3 is 5.32 Å². The van der Waals surface area contributed by atoms with Crippen molar-refractivity contribution in [3.8, 4) is 0 Å². The Labute approximate surface area is 111 Å². The zero-order chi connectivity index (χ0) is 12.8. The van der Waals surface area contributed by atoms with Crippen LogP contribution >= 0.6 is 0 Å². The molecule has 0 bridgehead atoms. The van der Waals surface area contributed by atoms with E-state index in [0.29, 0.717) is 12.1 Å². The second-order valence-electron chi connectivity index (χ2n) is 5.35. The standard InChI is InChI=1S/C15H25N3/c1-3-17-14-7-4-8-15(10-14)18(2)12-13-6-5-9-16-11-13/h5-6,9,11,14-15,17H,3-4,7-8,10,12H2,1-2H3. The van der Waals surface area contributed by atoms with Crippen LogP contribution in [0.1, 0.15) is 38.2 Å². The number of hydrogen-bond acceptors (Lipinski definition) is 3. The highest BCUT2D eigenvalue weighted by Crippen LogP contribution is 2.23. The van der Waals surface area contributed by atoms with Crippen molar-refractivity contribution in [2.45, 2.75) is 51.2 Å². The normalized spacial score (nSPS) is 24.4. The van der Waals surface area contributed by atoms with Crippen LogP contribution in [0.5, 0.6) is 0 Å². The van der Waals surface area contributed by atoms with E-state index < -0.39 is 0 Å². The minimum Gasteiger partial charge on any atom is -0.314 e. The van der Waals surface area contributed by atoms with E-state index in [1.165, 1.54) is 31.2 Å². The Hall–Kier alpha value is -0.930. The molecule has 2 unspecified atom stereocenters. The number of hydrogen-bond donors (Lipinski definition) is 1. The molecule has 100 valence electrons. The Kier molecular flexibility index (Phi) is 5.14. The Morgan fingerprint density at radius 2 is 2.33 bits per heavy atom. The molecule has 0 aliphatic heterocycles. The van der Waals surface area contributed by atoms with E-state index in [1.807, 2.05) is 18.5 Å². The molecule has 1 aromatic heterocycles. The molecule has 1 heterocycles. The van der Waals surface area contributed by atoms with Crippen molar-refractivity contribution in [2.75, 3.05) is 13.6 Å². The molecule has 1 aliphatic carbocycles. The van der Waals surface area contributed by atoms with Gasteiger partial charge in [-0.15, -0.1) is 0 Å². The van der Waals surface area contributed by atoms with Gasteiger partial charge in [0.25, 0.3) is 0 Å². The molecule has 0 saturated heterocycles. The van der Waals surface area contributed by atoms with Gasteiger partial charge in [-0.1, -0.05) is 19.4 Å². The van der Waals surface area contributed by atoms with E-state index >= 15 is 0 Å². The number of aromatic nitrogens is 1. The molecule has 0 radical (unpaired) electrons. The van der Waals surface area contributed by atoms with E-state index in [9.17, 15) is 0 Å². The zero-order valence-electron chi connectivity index (χ0n) is 11.6. The second kappa shape index (κ2) is 6.86. The largest absolute Gasteiger partial charge is 0.314 e. The van der Waals surface area contributed by atoms with Crippen molar-refractivity contribution in [1.29, 1.82) is 0 Å². The first kappa shape index (κ1) is 13.5. The summed E-state index contributed by atoms with van der Waals surface area (Å²) in [6.45, 7) is 4.30. The lowest BCUT2D eigenvalue weighted by molar-refractivity contribution is 0.163. The molecule has 1 saturated carbocycles. The molecule has 18 heavy (non-hydrogen) atoms.